The van der Waals surface area contributed by atoms with Crippen LogP contribution in [0.2, 0.25) is 0 Å². The third kappa shape index (κ3) is 6.12. The number of carbonyl (C=O) groups excluding carboxylic acids is 3. The van der Waals surface area contributed by atoms with Gasteiger partial charge in [0.25, 0.3) is 5.91 Å². The first kappa shape index (κ1) is 22.9. The van der Waals surface area contributed by atoms with Crippen molar-refractivity contribution < 1.29 is 19.1 Å². The molecule has 3 rings (SSSR count). The molecule has 1 amide bonds. The van der Waals surface area contributed by atoms with Crippen molar-refractivity contribution in [3.05, 3.63) is 104 Å². The molecule has 0 aromatic heterocycles. The lowest BCUT2D eigenvalue weighted by Crippen LogP contribution is -2.43. The van der Waals surface area contributed by atoms with Gasteiger partial charge in [0.1, 0.15) is 6.04 Å². The Kier molecular flexibility index (Phi) is 7.76. The molecule has 0 aliphatic rings. The van der Waals surface area contributed by atoms with Gasteiger partial charge in [-0.25, -0.2) is 4.79 Å². The van der Waals surface area contributed by atoms with E-state index in [1.165, 1.54) is 7.11 Å². The Bertz CT molecular complexity index is 1080. The lowest BCUT2D eigenvalue weighted by molar-refractivity contribution is -0.142. The number of carbonyl (C=O) groups is 3. The van der Waals surface area contributed by atoms with E-state index in [0.29, 0.717) is 16.7 Å². The average Bonchev–Trinajstić information content (AvgIpc) is 2.78. The number of esters is 1. The van der Waals surface area contributed by atoms with Crippen molar-refractivity contribution >= 4 is 49.5 Å². The summed E-state index contributed by atoms with van der Waals surface area (Å²) in [5.74, 6) is -1.02. The van der Waals surface area contributed by atoms with Gasteiger partial charge in [0.2, 0.25) is 0 Å². The SMILES string of the molecule is COC(=O)[C@H](Cc1ccc(C(=O)c2ccccc2)cc1)NC(=O)c1cc(Br)cc(Br)c1. The molecule has 0 aliphatic heterocycles. The lowest BCUT2D eigenvalue weighted by atomic mass is 9.99. The number of ether oxygens (including phenoxy) is 1. The minimum atomic E-state index is -0.870. The second-order valence-corrected chi connectivity index (χ2v) is 8.63. The first-order valence-electron chi connectivity index (χ1n) is 9.41. The average molecular weight is 545 g/mol. The summed E-state index contributed by atoms with van der Waals surface area (Å²) < 4.78 is 6.34. The highest BCUT2D eigenvalue weighted by Gasteiger charge is 2.23. The van der Waals surface area contributed by atoms with Crippen LogP contribution in [0.5, 0.6) is 0 Å². The standard InChI is InChI=1S/C24H19Br2NO4/c1-31-24(30)21(27-23(29)18-12-19(25)14-20(26)13-18)11-15-7-9-17(10-8-15)22(28)16-5-3-2-4-6-16/h2-10,12-14,21H,11H2,1H3,(H,27,29)/t21-/m0/s1. The number of amides is 1. The molecule has 5 nitrogen and oxygen atoms in total. The molecule has 1 N–H and O–H groups in total. The normalized spacial score (nSPS) is 11.5. The van der Waals surface area contributed by atoms with Crippen LogP contribution in [0.4, 0.5) is 0 Å². The summed E-state index contributed by atoms with van der Waals surface area (Å²) in [6.07, 6.45) is 0.230. The van der Waals surface area contributed by atoms with Crippen LogP contribution in [0.3, 0.4) is 0 Å². The molecule has 31 heavy (non-hydrogen) atoms. The molecule has 0 saturated carbocycles. The van der Waals surface area contributed by atoms with Crippen LogP contribution >= 0.6 is 31.9 Å². The molecule has 3 aromatic rings. The first-order valence-corrected chi connectivity index (χ1v) is 11.0. The maximum Gasteiger partial charge on any atom is 0.328 e. The number of hydrogen-bond donors (Lipinski definition) is 1. The van der Waals surface area contributed by atoms with Crippen molar-refractivity contribution in [2.45, 2.75) is 12.5 Å². The van der Waals surface area contributed by atoms with Crippen LogP contribution in [0.25, 0.3) is 0 Å². The van der Waals surface area contributed by atoms with Gasteiger partial charge in [-0.15, -0.1) is 0 Å². The third-order valence-corrected chi connectivity index (χ3v) is 5.52. The highest BCUT2D eigenvalue weighted by molar-refractivity contribution is 9.11. The monoisotopic (exact) mass is 543 g/mol. The van der Waals surface area contributed by atoms with E-state index in [1.54, 1.807) is 48.5 Å². The number of methoxy groups -OCH3 is 1. The summed E-state index contributed by atoms with van der Waals surface area (Å²) in [6, 6.07) is 20.3. The van der Waals surface area contributed by atoms with E-state index < -0.39 is 17.9 Å². The fraction of sp³-hybridized carbons (Fsp3) is 0.125. The van der Waals surface area contributed by atoms with Gasteiger partial charge >= 0.3 is 5.97 Å². The van der Waals surface area contributed by atoms with Gasteiger partial charge in [-0.05, 0) is 23.8 Å². The van der Waals surface area contributed by atoms with Gasteiger partial charge < -0.3 is 10.1 Å². The van der Waals surface area contributed by atoms with Gasteiger partial charge in [-0.1, -0.05) is 86.5 Å². The molecule has 0 fully saturated rings. The number of hydrogen-bond acceptors (Lipinski definition) is 4. The Morgan fingerprint density at radius 3 is 2.00 bits per heavy atom. The Hall–Kier alpha value is -2.77. The molecule has 0 unspecified atom stereocenters. The highest BCUT2D eigenvalue weighted by Crippen LogP contribution is 2.20. The molecule has 0 heterocycles. The van der Waals surface area contributed by atoms with Crippen LogP contribution in [-0.4, -0.2) is 30.8 Å². The molecular formula is C24H19Br2NO4. The van der Waals surface area contributed by atoms with E-state index >= 15 is 0 Å². The van der Waals surface area contributed by atoms with Crippen molar-refractivity contribution in [2.24, 2.45) is 0 Å². The Labute approximate surface area is 197 Å². The van der Waals surface area contributed by atoms with Crippen molar-refractivity contribution in [3.8, 4) is 0 Å². The molecule has 0 spiro atoms. The number of benzene rings is 3. The van der Waals surface area contributed by atoms with Crippen molar-refractivity contribution in [1.29, 1.82) is 0 Å². The Morgan fingerprint density at radius 1 is 0.839 bits per heavy atom. The van der Waals surface area contributed by atoms with Gasteiger partial charge in [0.05, 0.1) is 7.11 Å². The number of halogens is 2. The smallest absolute Gasteiger partial charge is 0.328 e. The maximum atomic E-state index is 12.7. The van der Waals surface area contributed by atoms with Crippen molar-refractivity contribution in [2.75, 3.05) is 7.11 Å². The molecule has 0 bridgehead atoms. The largest absolute Gasteiger partial charge is 0.467 e. The van der Waals surface area contributed by atoms with Gasteiger partial charge in [-0.2, -0.15) is 0 Å². The third-order valence-electron chi connectivity index (χ3n) is 4.61. The van der Waals surface area contributed by atoms with E-state index in [4.69, 9.17) is 4.74 Å². The van der Waals surface area contributed by atoms with E-state index in [1.807, 2.05) is 24.3 Å². The Balaban J connectivity index is 1.74. The second-order valence-electron chi connectivity index (χ2n) is 6.80. The van der Waals surface area contributed by atoms with Gasteiger partial charge in [0.15, 0.2) is 5.78 Å². The molecule has 0 saturated heterocycles. The van der Waals surface area contributed by atoms with E-state index in [0.717, 1.165) is 14.5 Å². The molecule has 158 valence electrons. The predicted molar refractivity (Wildman–Crippen MR) is 125 cm³/mol. The van der Waals surface area contributed by atoms with Crippen molar-refractivity contribution in [1.82, 2.24) is 5.32 Å². The zero-order chi connectivity index (χ0) is 22.4. The minimum Gasteiger partial charge on any atom is -0.467 e. The first-order chi connectivity index (χ1) is 14.9. The number of nitrogens with one attached hydrogen (secondary N) is 1. The summed E-state index contributed by atoms with van der Waals surface area (Å²) in [5, 5.41) is 2.73. The molecule has 1 atom stereocenters. The summed E-state index contributed by atoms with van der Waals surface area (Å²) in [5.41, 5.74) is 2.34. The van der Waals surface area contributed by atoms with Crippen LogP contribution in [0.1, 0.15) is 31.8 Å². The molecule has 7 heteroatoms. The quantitative estimate of drug-likeness (QED) is 0.337. The Morgan fingerprint density at radius 2 is 1.42 bits per heavy atom. The van der Waals surface area contributed by atoms with E-state index in [-0.39, 0.29) is 12.2 Å². The minimum absolute atomic E-state index is 0.0785. The number of ketones is 1. The zero-order valence-corrected chi connectivity index (χ0v) is 19.8. The number of rotatable bonds is 7. The van der Waals surface area contributed by atoms with E-state index in [2.05, 4.69) is 37.2 Å². The summed E-state index contributed by atoms with van der Waals surface area (Å²) in [4.78, 5) is 37.5. The molecule has 0 radical (unpaired) electrons. The summed E-state index contributed by atoms with van der Waals surface area (Å²) in [7, 11) is 1.28. The fourth-order valence-electron chi connectivity index (χ4n) is 3.05. The second kappa shape index (κ2) is 10.5. The molecule has 0 aliphatic carbocycles. The summed E-state index contributed by atoms with van der Waals surface area (Å²) in [6.45, 7) is 0. The zero-order valence-electron chi connectivity index (χ0n) is 16.6. The lowest BCUT2D eigenvalue weighted by Gasteiger charge is -2.17. The summed E-state index contributed by atoms with van der Waals surface area (Å²) >= 11 is 6.70. The van der Waals surface area contributed by atoms with Gasteiger partial charge in [-0.3, -0.25) is 9.59 Å². The van der Waals surface area contributed by atoms with Crippen LogP contribution in [0.15, 0.2) is 81.7 Å². The predicted octanol–water partition coefficient (Wildman–Crippen LogP) is 4.96. The van der Waals surface area contributed by atoms with Crippen LogP contribution in [0, 0.1) is 0 Å². The van der Waals surface area contributed by atoms with E-state index in [9.17, 15) is 14.4 Å². The fourth-order valence-corrected chi connectivity index (χ4v) is 4.34. The van der Waals surface area contributed by atoms with Crippen LogP contribution in [-0.2, 0) is 16.0 Å². The topological polar surface area (TPSA) is 72.5 Å². The van der Waals surface area contributed by atoms with Crippen molar-refractivity contribution in [3.63, 3.8) is 0 Å². The molecule has 3 aromatic carbocycles. The highest BCUT2D eigenvalue weighted by atomic mass is 79.9. The van der Waals surface area contributed by atoms with Crippen LogP contribution < -0.4 is 5.32 Å². The molecular weight excluding hydrogens is 526 g/mol. The van der Waals surface area contributed by atoms with Gasteiger partial charge in [0, 0.05) is 32.1 Å². The maximum absolute atomic E-state index is 12.7.